The fourth-order valence-corrected chi connectivity index (χ4v) is 4.51. The van der Waals surface area contributed by atoms with Crippen molar-refractivity contribution >= 4 is 11.6 Å². The van der Waals surface area contributed by atoms with Crippen LogP contribution in [0.25, 0.3) is 11.4 Å². The number of nitrogens with zero attached hydrogens (tertiary/aromatic N) is 5. The van der Waals surface area contributed by atoms with E-state index in [1.807, 2.05) is 12.1 Å². The molecule has 0 saturated carbocycles. The molecule has 0 bridgehead atoms. The number of piperazine rings is 1. The highest BCUT2D eigenvalue weighted by Crippen LogP contribution is 2.40. The number of rotatable bonds is 5. The van der Waals surface area contributed by atoms with Gasteiger partial charge in [-0.3, -0.25) is 4.79 Å². The van der Waals surface area contributed by atoms with Gasteiger partial charge in [-0.25, -0.2) is 4.98 Å². The molecule has 2 aliphatic heterocycles. The molecule has 2 aromatic carbocycles. The third kappa shape index (κ3) is 4.91. The summed E-state index contributed by atoms with van der Waals surface area (Å²) in [6, 6.07) is 10.2. The summed E-state index contributed by atoms with van der Waals surface area (Å²) < 4.78 is 52.8. The van der Waals surface area contributed by atoms with E-state index in [0.29, 0.717) is 29.6 Å². The molecular weight excluding hydrogens is 487 g/mol. The Kier molecular flexibility index (Phi) is 6.40. The predicted octanol–water partition coefficient (Wildman–Crippen LogP) is 4.30. The van der Waals surface area contributed by atoms with Crippen LogP contribution < -0.4 is 14.4 Å². The van der Waals surface area contributed by atoms with E-state index in [9.17, 15) is 18.0 Å². The van der Waals surface area contributed by atoms with Crippen LogP contribution in [0.3, 0.4) is 0 Å². The molecule has 8 nitrogen and oxygen atoms in total. The van der Waals surface area contributed by atoms with E-state index < -0.39 is 17.6 Å². The van der Waals surface area contributed by atoms with Crippen LogP contribution in [0.5, 0.6) is 17.4 Å². The Balaban J connectivity index is 1.56. The second-order valence-electron chi connectivity index (χ2n) is 9.17. The molecule has 194 valence electrons. The third-order valence-corrected chi connectivity index (χ3v) is 6.60. The minimum Gasteiger partial charge on any atom is -0.497 e. The molecule has 5 rings (SSSR count). The van der Waals surface area contributed by atoms with E-state index >= 15 is 0 Å². The van der Waals surface area contributed by atoms with Gasteiger partial charge in [0.25, 0.3) is 5.91 Å². The van der Waals surface area contributed by atoms with Crippen LogP contribution in [-0.4, -0.2) is 73.1 Å². The Bertz CT molecular complexity index is 1340. The van der Waals surface area contributed by atoms with Crippen molar-refractivity contribution in [1.29, 1.82) is 0 Å². The monoisotopic (exact) mass is 513 g/mol. The van der Waals surface area contributed by atoms with Gasteiger partial charge in [0, 0.05) is 63.3 Å². The zero-order chi connectivity index (χ0) is 26.3. The fourth-order valence-electron chi connectivity index (χ4n) is 4.51. The van der Waals surface area contributed by atoms with E-state index in [-0.39, 0.29) is 23.0 Å². The second-order valence-corrected chi connectivity index (χ2v) is 9.17. The number of hydrogen-bond acceptors (Lipinski definition) is 7. The van der Waals surface area contributed by atoms with Gasteiger partial charge in [-0.05, 0) is 30.8 Å². The second kappa shape index (κ2) is 9.55. The van der Waals surface area contributed by atoms with Crippen molar-refractivity contribution in [1.82, 2.24) is 19.8 Å². The number of benzene rings is 2. The molecular formula is C26H26F3N5O3. The summed E-state index contributed by atoms with van der Waals surface area (Å²) in [4.78, 5) is 26.7. The lowest BCUT2D eigenvalue weighted by Gasteiger charge is -2.34. The zero-order valence-electron chi connectivity index (χ0n) is 20.7. The van der Waals surface area contributed by atoms with E-state index in [1.54, 1.807) is 25.2 Å². The first-order valence-electron chi connectivity index (χ1n) is 11.8. The summed E-state index contributed by atoms with van der Waals surface area (Å²) in [5, 5.41) is 0. The topological polar surface area (TPSA) is 71.0 Å². The van der Waals surface area contributed by atoms with E-state index in [2.05, 4.69) is 26.8 Å². The summed E-state index contributed by atoms with van der Waals surface area (Å²) in [5.41, 5.74) is 1.13. The number of ether oxygens (including phenoxy) is 2. The summed E-state index contributed by atoms with van der Waals surface area (Å²) in [5.74, 6) is -0.388. The van der Waals surface area contributed by atoms with Gasteiger partial charge in [0.15, 0.2) is 5.82 Å². The van der Waals surface area contributed by atoms with Crippen molar-refractivity contribution in [3.8, 4) is 28.8 Å². The van der Waals surface area contributed by atoms with Crippen molar-refractivity contribution < 1.29 is 27.4 Å². The van der Waals surface area contributed by atoms with Gasteiger partial charge in [0.1, 0.15) is 17.1 Å². The summed E-state index contributed by atoms with van der Waals surface area (Å²) in [7, 11) is 5.20. The maximum absolute atomic E-state index is 13.9. The number of anilines is 1. The maximum atomic E-state index is 13.9. The number of hydrogen-bond donors (Lipinski definition) is 0. The number of fused-ring (bicyclic) bond motifs is 1. The highest BCUT2D eigenvalue weighted by Gasteiger charge is 2.37. The van der Waals surface area contributed by atoms with Crippen LogP contribution in [0.2, 0.25) is 0 Å². The molecule has 0 spiro atoms. The highest BCUT2D eigenvalue weighted by molar-refractivity contribution is 6.00. The van der Waals surface area contributed by atoms with Crippen LogP contribution >= 0.6 is 0 Å². The van der Waals surface area contributed by atoms with Gasteiger partial charge >= 0.3 is 6.18 Å². The third-order valence-electron chi connectivity index (χ3n) is 6.60. The fraction of sp³-hybridized carbons (Fsp3) is 0.346. The minimum absolute atomic E-state index is 0.0192. The number of methoxy groups -OCH3 is 1. The lowest BCUT2D eigenvalue weighted by molar-refractivity contribution is -0.139. The first-order valence-corrected chi connectivity index (χ1v) is 11.8. The molecule has 37 heavy (non-hydrogen) atoms. The van der Waals surface area contributed by atoms with Crippen molar-refractivity contribution in [2.75, 3.05) is 52.3 Å². The van der Waals surface area contributed by atoms with E-state index in [0.717, 1.165) is 31.9 Å². The Morgan fingerprint density at radius 3 is 2.49 bits per heavy atom. The van der Waals surface area contributed by atoms with Gasteiger partial charge in [0.2, 0.25) is 5.88 Å². The van der Waals surface area contributed by atoms with E-state index in [4.69, 9.17) is 9.47 Å². The Hall–Kier alpha value is -3.86. The number of likely N-dealkylation sites (N-methyl/N-ethyl adjacent to an activating group) is 1. The molecule has 11 heteroatoms. The first-order chi connectivity index (χ1) is 17.6. The molecule has 3 heterocycles. The quantitative estimate of drug-likeness (QED) is 0.504. The van der Waals surface area contributed by atoms with Crippen LogP contribution in [0.4, 0.5) is 18.9 Å². The molecule has 1 amide bonds. The Morgan fingerprint density at radius 1 is 1.03 bits per heavy atom. The summed E-state index contributed by atoms with van der Waals surface area (Å²) in [6.45, 7) is 3.72. The van der Waals surface area contributed by atoms with Crippen LogP contribution in [0, 0.1) is 0 Å². The van der Waals surface area contributed by atoms with Gasteiger partial charge in [-0.15, -0.1) is 0 Å². The lowest BCUT2D eigenvalue weighted by Crippen LogP contribution is -2.44. The van der Waals surface area contributed by atoms with Gasteiger partial charge in [-0.1, -0.05) is 12.1 Å². The van der Waals surface area contributed by atoms with Gasteiger partial charge in [-0.2, -0.15) is 18.2 Å². The van der Waals surface area contributed by atoms with Gasteiger partial charge in [0.05, 0.1) is 12.7 Å². The number of carbonyl (C=O) groups excluding carboxylic acids is 1. The molecule has 1 fully saturated rings. The molecule has 0 unspecified atom stereocenters. The SMILES string of the molecule is COc1cc(-c2ncc(C(F)(F)F)c(Oc3cccc4c3C(=O)N(C)C4)n2)cc(N2CCN(C)CC2)c1. The molecule has 0 atom stereocenters. The number of amides is 1. The van der Waals surface area contributed by atoms with Crippen LogP contribution in [-0.2, 0) is 12.7 Å². The van der Waals surface area contributed by atoms with Crippen LogP contribution in [0.15, 0.2) is 42.6 Å². The average Bonchev–Trinajstić information content (AvgIpc) is 3.17. The van der Waals surface area contributed by atoms with Crippen molar-refractivity contribution in [3.05, 3.63) is 59.3 Å². The predicted molar refractivity (Wildman–Crippen MR) is 131 cm³/mol. The first kappa shape index (κ1) is 24.8. The molecule has 0 aliphatic carbocycles. The maximum Gasteiger partial charge on any atom is 0.423 e. The molecule has 0 radical (unpaired) electrons. The van der Waals surface area contributed by atoms with Crippen molar-refractivity contribution in [2.24, 2.45) is 0 Å². The lowest BCUT2D eigenvalue weighted by atomic mass is 10.1. The molecule has 1 aromatic heterocycles. The average molecular weight is 514 g/mol. The number of halogens is 3. The smallest absolute Gasteiger partial charge is 0.423 e. The Morgan fingerprint density at radius 2 is 1.78 bits per heavy atom. The van der Waals surface area contributed by atoms with E-state index in [1.165, 1.54) is 18.1 Å². The largest absolute Gasteiger partial charge is 0.497 e. The normalized spacial score (nSPS) is 16.2. The standard InChI is InChI=1S/C26H26F3N5O3/c1-32-7-9-34(10-8-32)18-11-17(12-19(13-18)36-3)23-30-14-20(26(27,28)29)24(31-23)37-21-6-4-5-16-15-33(2)25(35)22(16)21/h4-6,11-14H,7-10,15H2,1-3H3. The van der Waals surface area contributed by atoms with Crippen molar-refractivity contribution in [3.63, 3.8) is 0 Å². The molecule has 3 aromatic rings. The van der Waals surface area contributed by atoms with Gasteiger partial charge < -0.3 is 24.2 Å². The molecule has 1 saturated heterocycles. The number of aromatic nitrogens is 2. The Labute approximate surface area is 212 Å². The highest BCUT2D eigenvalue weighted by atomic mass is 19.4. The summed E-state index contributed by atoms with van der Waals surface area (Å²) >= 11 is 0. The molecule has 0 N–H and O–H groups in total. The minimum atomic E-state index is -4.76. The summed E-state index contributed by atoms with van der Waals surface area (Å²) in [6.07, 6.45) is -4.05. The zero-order valence-corrected chi connectivity index (χ0v) is 20.7. The number of carbonyl (C=O) groups is 1. The van der Waals surface area contributed by atoms with Crippen LogP contribution in [0.1, 0.15) is 21.5 Å². The number of alkyl halides is 3. The molecule has 2 aliphatic rings. The van der Waals surface area contributed by atoms with Crippen molar-refractivity contribution in [2.45, 2.75) is 12.7 Å².